The Kier molecular flexibility index (Phi) is 5.85. The van der Waals surface area contributed by atoms with Crippen molar-refractivity contribution in [1.29, 1.82) is 0 Å². The van der Waals surface area contributed by atoms with Crippen molar-refractivity contribution >= 4 is 45.6 Å². The molecule has 32 heavy (non-hydrogen) atoms. The maximum Gasteiger partial charge on any atom is 0.301 e. The molecule has 1 aromatic heterocycles. The number of carbonyl (C=O) groups excluding carboxylic acids is 1. The number of rotatable bonds is 6. The van der Waals surface area contributed by atoms with Gasteiger partial charge in [-0.25, -0.2) is 4.98 Å². The fraction of sp³-hybridized carbons (Fsp3) is 0.130. The van der Waals surface area contributed by atoms with E-state index >= 15 is 0 Å². The Bertz CT molecular complexity index is 1210. The molecule has 1 amide bonds. The van der Waals surface area contributed by atoms with Crippen LogP contribution in [0.3, 0.4) is 0 Å². The monoisotopic (exact) mass is 460 g/mol. The van der Waals surface area contributed by atoms with Gasteiger partial charge in [0.2, 0.25) is 5.13 Å². The summed E-state index contributed by atoms with van der Waals surface area (Å²) in [6.07, 6.45) is 2.00. The van der Waals surface area contributed by atoms with Gasteiger partial charge in [0.1, 0.15) is 11.2 Å². The van der Waals surface area contributed by atoms with Crippen molar-refractivity contribution in [2.24, 2.45) is 10.1 Å². The van der Waals surface area contributed by atoms with Crippen LogP contribution in [0.15, 0.2) is 87.7 Å². The SMILES string of the molecule is CN1C=CSC1NCN=C1C(=O)N(c2nc(-c3ccccc3)cs2)N=C1c1ccccc1. The van der Waals surface area contributed by atoms with E-state index < -0.39 is 0 Å². The second-order valence-electron chi connectivity index (χ2n) is 7.12. The third-order valence-electron chi connectivity index (χ3n) is 4.99. The second-order valence-corrected chi connectivity index (χ2v) is 8.95. The molecule has 0 spiro atoms. The van der Waals surface area contributed by atoms with E-state index in [2.05, 4.69) is 25.3 Å². The van der Waals surface area contributed by atoms with Gasteiger partial charge in [0.25, 0.3) is 0 Å². The third kappa shape index (κ3) is 4.10. The zero-order chi connectivity index (χ0) is 21.9. The Morgan fingerprint density at radius 1 is 1.06 bits per heavy atom. The molecule has 160 valence electrons. The van der Waals surface area contributed by atoms with Gasteiger partial charge in [0, 0.05) is 29.8 Å². The lowest BCUT2D eigenvalue weighted by Gasteiger charge is -2.19. The molecule has 7 nitrogen and oxygen atoms in total. The number of nitrogens with one attached hydrogen (secondary N) is 1. The van der Waals surface area contributed by atoms with Crippen LogP contribution in [0.4, 0.5) is 5.13 Å². The molecule has 9 heteroatoms. The van der Waals surface area contributed by atoms with E-state index in [0.717, 1.165) is 16.8 Å². The van der Waals surface area contributed by atoms with Crippen molar-refractivity contribution < 1.29 is 4.79 Å². The average molecular weight is 461 g/mol. The molecule has 2 aliphatic heterocycles. The highest BCUT2D eigenvalue weighted by atomic mass is 32.2. The number of carbonyl (C=O) groups is 1. The Labute approximate surface area is 194 Å². The highest BCUT2D eigenvalue weighted by molar-refractivity contribution is 8.02. The van der Waals surface area contributed by atoms with Crippen molar-refractivity contribution in [3.05, 3.63) is 83.2 Å². The summed E-state index contributed by atoms with van der Waals surface area (Å²) in [6, 6.07) is 19.5. The van der Waals surface area contributed by atoms with Gasteiger partial charge in [-0.2, -0.15) is 10.1 Å². The molecule has 2 aromatic carbocycles. The van der Waals surface area contributed by atoms with Crippen molar-refractivity contribution in [3.63, 3.8) is 0 Å². The first-order chi connectivity index (χ1) is 15.7. The first-order valence-electron chi connectivity index (χ1n) is 10.0. The molecule has 3 aromatic rings. The number of amides is 1. The molecular formula is C23H20N6OS2. The van der Waals surface area contributed by atoms with Gasteiger partial charge in [-0.15, -0.1) is 11.3 Å². The number of thioether (sulfide) groups is 1. The molecule has 2 aliphatic rings. The van der Waals surface area contributed by atoms with Crippen LogP contribution in [-0.4, -0.2) is 46.4 Å². The molecule has 0 bridgehead atoms. The fourth-order valence-electron chi connectivity index (χ4n) is 3.33. The highest BCUT2D eigenvalue weighted by Crippen LogP contribution is 2.30. The minimum atomic E-state index is -0.273. The smallest absolute Gasteiger partial charge is 0.301 e. The standard InChI is InChI=1S/C23H20N6OS2/c1-28-12-13-31-22(28)25-15-24-20-19(17-10-6-3-7-11-17)27-29(21(20)30)23-26-18(14-32-23)16-8-4-2-5-9-16/h2-14,22,25H,15H2,1H3. The summed E-state index contributed by atoms with van der Waals surface area (Å²) in [6.45, 7) is 0.303. The van der Waals surface area contributed by atoms with Crippen molar-refractivity contribution in [1.82, 2.24) is 15.2 Å². The number of hydrogen-bond donors (Lipinski definition) is 1. The Morgan fingerprint density at radius 3 is 2.47 bits per heavy atom. The van der Waals surface area contributed by atoms with Crippen LogP contribution in [0.25, 0.3) is 11.3 Å². The predicted octanol–water partition coefficient (Wildman–Crippen LogP) is 3.98. The van der Waals surface area contributed by atoms with E-state index in [1.165, 1.54) is 16.3 Å². The summed E-state index contributed by atoms with van der Waals surface area (Å²) in [5, 5.41) is 13.8. The van der Waals surface area contributed by atoms with Gasteiger partial charge in [0.05, 0.1) is 12.4 Å². The van der Waals surface area contributed by atoms with E-state index in [-0.39, 0.29) is 11.4 Å². The molecule has 1 atom stereocenters. The van der Waals surface area contributed by atoms with Crippen LogP contribution >= 0.6 is 23.1 Å². The summed E-state index contributed by atoms with van der Waals surface area (Å²) >= 11 is 3.05. The topological polar surface area (TPSA) is 73.2 Å². The third-order valence-corrected chi connectivity index (χ3v) is 6.84. The maximum atomic E-state index is 13.3. The largest absolute Gasteiger partial charge is 0.356 e. The zero-order valence-corrected chi connectivity index (χ0v) is 18.9. The zero-order valence-electron chi connectivity index (χ0n) is 17.3. The van der Waals surface area contributed by atoms with Gasteiger partial charge in [-0.1, -0.05) is 72.4 Å². The number of aromatic nitrogens is 1. The highest BCUT2D eigenvalue weighted by Gasteiger charge is 2.35. The molecule has 1 N–H and O–H groups in total. The lowest BCUT2D eigenvalue weighted by molar-refractivity contribution is -0.112. The van der Waals surface area contributed by atoms with Crippen LogP contribution in [0, 0.1) is 0 Å². The van der Waals surface area contributed by atoms with Gasteiger partial charge >= 0.3 is 5.91 Å². The summed E-state index contributed by atoms with van der Waals surface area (Å²) in [7, 11) is 1.99. The van der Waals surface area contributed by atoms with Gasteiger partial charge in [-0.05, 0) is 5.41 Å². The van der Waals surface area contributed by atoms with Gasteiger partial charge in [-0.3, -0.25) is 15.1 Å². The molecule has 0 fully saturated rings. The van der Waals surface area contributed by atoms with E-state index in [9.17, 15) is 4.79 Å². The van der Waals surface area contributed by atoms with Crippen LogP contribution in [-0.2, 0) is 4.79 Å². The molecule has 0 saturated carbocycles. The second kappa shape index (κ2) is 9.07. The van der Waals surface area contributed by atoms with Crippen LogP contribution in [0.1, 0.15) is 5.56 Å². The number of benzene rings is 2. The number of aliphatic imine (C=N–C) groups is 1. The summed E-state index contributed by atoms with van der Waals surface area (Å²) in [4.78, 5) is 24.6. The first kappa shape index (κ1) is 20.6. The number of nitrogens with zero attached hydrogens (tertiary/aromatic N) is 5. The van der Waals surface area contributed by atoms with E-state index in [1.807, 2.05) is 84.7 Å². The maximum absolute atomic E-state index is 13.3. The predicted molar refractivity (Wildman–Crippen MR) is 132 cm³/mol. The number of hydrazone groups is 1. The lowest BCUT2D eigenvalue weighted by Crippen LogP contribution is -2.36. The minimum Gasteiger partial charge on any atom is -0.356 e. The average Bonchev–Trinajstić information content (AvgIpc) is 3.55. The summed E-state index contributed by atoms with van der Waals surface area (Å²) in [5.41, 5.74) is 3.64. The molecule has 0 aliphatic carbocycles. The molecular weight excluding hydrogens is 440 g/mol. The summed E-state index contributed by atoms with van der Waals surface area (Å²) in [5.74, 6) is -0.273. The van der Waals surface area contributed by atoms with Crippen LogP contribution in [0.2, 0.25) is 0 Å². The molecule has 3 heterocycles. The summed E-state index contributed by atoms with van der Waals surface area (Å²) < 4.78 is 0. The quantitative estimate of drug-likeness (QED) is 0.602. The Hall–Kier alpha value is -3.27. The van der Waals surface area contributed by atoms with Crippen molar-refractivity contribution in [3.8, 4) is 11.3 Å². The molecule has 0 radical (unpaired) electrons. The number of anilines is 1. The van der Waals surface area contributed by atoms with Gasteiger partial charge in [0.15, 0.2) is 5.71 Å². The van der Waals surface area contributed by atoms with E-state index in [0.29, 0.717) is 23.2 Å². The van der Waals surface area contributed by atoms with Crippen molar-refractivity contribution in [2.45, 2.75) is 5.50 Å². The lowest BCUT2D eigenvalue weighted by atomic mass is 10.1. The minimum absolute atomic E-state index is 0.0939. The molecule has 1 unspecified atom stereocenters. The molecule has 0 saturated heterocycles. The van der Waals surface area contributed by atoms with E-state index in [1.54, 1.807) is 11.8 Å². The van der Waals surface area contributed by atoms with Crippen molar-refractivity contribution in [2.75, 3.05) is 18.7 Å². The van der Waals surface area contributed by atoms with Crippen LogP contribution < -0.4 is 10.3 Å². The number of hydrogen-bond acceptors (Lipinski definition) is 8. The normalized spacial score (nSPS) is 19.3. The Morgan fingerprint density at radius 2 is 1.78 bits per heavy atom. The number of thiazole rings is 1. The van der Waals surface area contributed by atoms with E-state index in [4.69, 9.17) is 0 Å². The Balaban J connectivity index is 1.43. The first-order valence-corrected chi connectivity index (χ1v) is 11.8. The van der Waals surface area contributed by atoms with Crippen LogP contribution in [0.5, 0.6) is 0 Å². The molecule has 5 rings (SSSR count). The fourth-order valence-corrected chi connectivity index (χ4v) is 4.96. The van der Waals surface area contributed by atoms with Gasteiger partial charge < -0.3 is 4.90 Å².